The van der Waals surface area contributed by atoms with Gasteiger partial charge in [-0.1, -0.05) is 5.16 Å². The highest BCUT2D eigenvalue weighted by atomic mass is 19.3. The Morgan fingerprint density at radius 2 is 1.96 bits per heavy atom. The summed E-state index contributed by atoms with van der Waals surface area (Å²) in [5, 5.41) is 3.80. The van der Waals surface area contributed by atoms with Gasteiger partial charge in [-0.25, -0.2) is 13.6 Å². The standard InChI is InChI=1S/C15H18F2N2O3.CH3F/c1-10-2-3-12(21-10)9-19-13(18-22-14(19)20)8-11-4-6-15(16,17)7-5-11;1-2/h2-3,11H,4-9H2,1H3;1H3. The van der Waals surface area contributed by atoms with Gasteiger partial charge in [0.05, 0.1) is 13.7 Å². The molecule has 3 rings (SSSR count). The number of aromatic nitrogens is 2. The average Bonchev–Trinajstić information content (AvgIpc) is 3.12. The minimum Gasteiger partial charge on any atom is -0.464 e. The fourth-order valence-corrected chi connectivity index (χ4v) is 2.89. The third-order valence-electron chi connectivity index (χ3n) is 4.18. The van der Waals surface area contributed by atoms with Crippen molar-refractivity contribution in [2.24, 2.45) is 5.92 Å². The van der Waals surface area contributed by atoms with Crippen LogP contribution in [0.3, 0.4) is 0 Å². The molecular weight excluding hydrogens is 325 g/mol. The van der Waals surface area contributed by atoms with Gasteiger partial charge in [0.25, 0.3) is 0 Å². The van der Waals surface area contributed by atoms with Gasteiger partial charge in [-0.05, 0) is 37.8 Å². The lowest BCUT2D eigenvalue weighted by Gasteiger charge is -2.27. The second-order valence-electron chi connectivity index (χ2n) is 5.97. The summed E-state index contributed by atoms with van der Waals surface area (Å²) in [5.41, 5.74) is 0. The summed E-state index contributed by atoms with van der Waals surface area (Å²) in [6.07, 6.45) is 1.15. The van der Waals surface area contributed by atoms with Crippen molar-refractivity contribution in [1.29, 1.82) is 0 Å². The molecule has 24 heavy (non-hydrogen) atoms. The van der Waals surface area contributed by atoms with Crippen molar-refractivity contribution in [2.75, 3.05) is 7.18 Å². The summed E-state index contributed by atoms with van der Waals surface area (Å²) in [6.45, 7) is 2.07. The molecule has 0 spiro atoms. The maximum absolute atomic E-state index is 13.2. The van der Waals surface area contributed by atoms with Crippen molar-refractivity contribution in [2.45, 2.75) is 51.5 Å². The van der Waals surface area contributed by atoms with Gasteiger partial charge in [-0.3, -0.25) is 13.5 Å². The van der Waals surface area contributed by atoms with Gasteiger partial charge in [-0.15, -0.1) is 0 Å². The van der Waals surface area contributed by atoms with Crippen molar-refractivity contribution in [3.63, 3.8) is 0 Å². The lowest BCUT2D eigenvalue weighted by atomic mass is 9.84. The first-order chi connectivity index (χ1) is 11.4. The number of hydrogen-bond donors (Lipinski definition) is 0. The Morgan fingerprint density at radius 1 is 1.29 bits per heavy atom. The summed E-state index contributed by atoms with van der Waals surface area (Å²) in [4.78, 5) is 11.8. The maximum atomic E-state index is 13.2. The molecule has 0 N–H and O–H groups in total. The molecule has 2 aromatic heterocycles. The average molecular weight is 346 g/mol. The van der Waals surface area contributed by atoms with Gasteiger partial charge >= 0.3 is 5.76 Å². The van der Waals surface area contributed by atoms with E-state index in [0.717, 1.165) is 5.76 Å². The first-order valence-electron chi connectivity index (χ1n) is 7.79. The second-order valence-corrected chi connectivity index (χ2v) is 5.97. The number of nitrogens with zero attached hydrogens (tertiary/aromatic N) is 2. The smallest absolute Gasteiger partial charge is 0.442 e. The van der Waals surface area contributed by atoms with Crippen molar-refractivity contribution in [3.05, 3.63) is 40.0 Å². The van der Waals surface area contributed by atoms with Crippen LogP contribution in [0.5, 0.6) is 0 Å². The van der Waals surface area contributed by atoms with Crippen molar-refractivity contribution in [1.82, 2.24) is 9.72 Å². The highest BCUT2D eigenvalue weighted by Crippen LogP contribution is 2.37. The molecule has 1 aliphatic carbocycles. The number of furan rings is 1. The van der Waals surface area contributed by atoms with Gasteiger partial charge in [0.2, 0.25) is 5.92 Å². The summed E-state index contributed by atoms with van der Waals surface area (Å²) in [5.74, 6) is -1.10. The lowest BCUT2D eigenvalue weighted by molar-refractivity contribution is -0.0459. The predicted octanol–water partition coefficient (Wildman–Crippen LogP) is 3.74. The third kappa shape index (κ3) is 4.52. The Kier molecular flexibility index (Phi) is 5.90. The van der Waals surface area contributed by atoms with E-state index >= 15 is 0 Å². The first-order valence-corrected chi connectivity index (χ1v) is 7.79. The molecule has 0 radical (unpaired) electrons. The Balaban J connectivity index is 0.00000100. The molecule has 0 unspecified atom stereocenters. The summed E-state index contributed by atoms with van der Waals surface area (Å²) in [6, 6.07) is 3.61. The fourth-order valence-electron chi connectivity index (χ4n) is 2.89. The van der Waals surface area contributed by atoms with Crippen LogP contribution in [-0.4, -0.2) is 22.8 Å². The molecule has 5 nitrogen and oxygen atoms in total. The van der Waals surface area contributed by atoms with Crippen molar-refractivity contribution in [3.8, 4) is 0 Å². The molecule has 0 amide bonds. The predicted molar refractivity (Wildman–Crippen MR) is 81.0 cm³/mol. The zero-order chi connectivity index (χ0) is 17.7. The number of hydrogen-bond acceptors (Lipinski definition) is 4. The molecular formula is C16H21F3N2O3. The molecule has 134 valence electrons. The molecule has 1 fully saturated rings. The van der Waals surface area contributed by atoms with Crippen molar-refractivity contribution < 1.29 is 22.1 Å². The third-order valence-corrected chi connectivity index (χ3v) is 4.18. The Hall–Kier alpha value is -1.99. The van der Waals surface area contributed by atoms with Crippen LogP contribution in [0.4, 0.5) is 13.2 Å². The summed E-state index contributed by atoms with van der Waals surface area (Å²) >= 11 is 0. The first kappa shape index (κ1) is 18.4. The van der Waals surface area contributed by atoms with E-state index in [1.54, 1.807) is 6.07 Å². The van der Waals surface area contributed by atoms with Crippen molar-refractivity contribution >= 4 is 0 Å². The van der Waals surface area contributed by atoms with Crippen LogP contribution < -0.4 is 5.76 Å². The van der Waals surface area contributed by atoms with Crippen LogP contribution >= 0.6 is 0 Å². The van der Waals surface area contributed by atoms with Gasteiger partial charge in [-0.2, -0.15) is 0 Å². The molecule has 0 aliphatic heterocycles. The maximum Gasteiger partial charge on any atom is 0.442 e. The number of halogens is 3. The quantitative estimate of drug-likeness (QED) is 0.846. The Labute approximate surface area is 137 Å². The van der Waals surface area contributed by atoms with Gasteiger partial charge in [0.1, 0.15) is 11.5 Å². The Bertz CT molecular complexity index is 695. The molecule has 2 aromatic rings. The van der Waals surface area contributed by atoms with E-state index in [-0.39, 0.29) is 25.3 Å². The molecule has 1 saturated carbocycles. The molecule has 0 saturated heterocycles. The molecule has 2 heterocycles. The topological polar surface area (TPSA) is 61.2 Å². The summed E-state index contributed by atoms with van der Waals surface area (Å²) < 4.78 is 47.5. The minimum atomic E-state index is -2.55. The minimum absolute atomic E-state index is 0.100. The number of alkyl halides is 3. The lowest BCUT2D eigenvalue weighted by Crippen LogP contribution is -2.27. The van der Waals surface area contributed by atoms with Crippen LogP contribution in [0.1, 0.15) is 43.0 Å². The van der Waals surface area contributed by atoms with E-state index in [1.807, 2.05) is 13.0 Å². The SMILES string of the molecule is CF.Cc1ccc(Cn2c(CC3CCC(F)(F)CC3)noc2=O)o1. The van der Waals surface area contributed by atoms with Gasteiger partial charge in [0, 0.05) is 19.3 Å². The highest BCUT2D eigenvalue weighted by molar-refractivity contribution is 5.06. The normalized spacial score (nSPS) is 17.4. The number of aryl methyl sites for hydroxylation is 1. The van der Waals surface area contributed by atoms with Crippen LogP contribution in [0.25, 0.3) is 0 Å². The van der Waals surface area contributed by atoms with Gasteiger partial charge < -0.3 is 4.42 Å². The van der Waals surface area contributed by atoms with Crippen LogP contribution in [-0.2, 0) is 13.0 Å². The van der Waals surface area contributed by atoms with Crippen LogP contribution in [0.2, 0.25) is 0 Å². The van der Waals surface area contributed by atoms with Crippen LogP contribution in [0, 0.1) is 12.8 Å². The van der Waals surface area contributed by atoms with E-state index in [4.69, 9.17) is 8.94 Å². The van der Waals surface area contributed by atoms with E-state index < -0.39 is 11.7 Å². The molecule has 0 atom stereocenters. The molecule has 0 bridgehead atoms. The van der Waals surface area contributed by atoms with Gasteiger partial charge in [0.15, 0.2) is 5.82 Å². The fraction of sp³-hybridized carbons (Fsp3) is 0.625. The molecule has 1 aliphatic rings. The van der Waals surface area contributed by atoms with E-state index in [2.05, 4.69) is 5.16 Å². The summed E-state index contributed by atoms with van der Waals surface area (Å²) in [7, 11) is 0.500. The van der Waals surface area contributed by atoms with E-state index in [0.29, 0.717) is 38.0 Å². The molecule has 0 aromatic carbocycles. The second kappa shape index (κ2) is 7.72. The van der Waals surface area contributed by atoms with E-state index in [9.17, 15) is 18.0 Å². The van der Waals surface area contributed by atoms with E-state index in [1.165, 1.54) is 4.57 Å². The highest BCUT2D eigenvalue weighted by Gasteiger charge is 2.35. The number of rotatable bonds is 4. The Morgan fingerprint density at radius 3 is 2.54 bits per heavy atom. The molecule has 8 heteroatoms. The van der Waals surface area contributed by atoms with Crippen LogP contribution in [0.15, 0.2) is 25.9 Å². The largest absolute Gasteiger partial charge is 0.464 e. The monoisotopic (exact) mass is 346 g/mol. The zero-order valence-corrected chi connectivity index (χ0v) is 13.7. The zero-order valence-electron chi connectivity index (χ0n) is 13.7.